The molecule has 0 spiro atoms. The lowest BCUT2D eigenvalue weighted by molar-refractivity contribution is 0.689. The Kier molecular flexibility index (Phi) is 4.49. The van der Waals surface area contributed by atoms with Gasteiger partial charge in [-0.25, -0.2) is 0 Å². The molecule has 0 aliphatic heterocycles. The number of pyridine rings is 1. The van der Waals surface area contributed by atoms with Crippen molar-refractivity contribution in [1.29, 1.82) is 0 Å². The number of rotatable bonds is 5. The molecule has 21 heavy (non-hydrogen) atoms. The van der Waals surface area contributed by atoms with E-state index in [1.807, 2.05) is 24.4 Å². The predicted molar refractivity (Wildman–Crippen MR) is 88.6 cm³/mol. The molecular formula is C18H17ClN2. The van der Waals surface area contributed by atoms with Crippen LogP contribution in [0.3, 0.4) is 0 Å². The van der Waals surface area contributed by atoms with Gasteiger partial charge in [0.25, 0.3) is 0 Å². The van der Waals surface area contributed by atoms with Gasteiger partial charge in [-0.2, -0.15) is 0 Å². The minimum atomic E-state index is 0.786. The highest BCUT2D eigenvalue weighted by atomic mass is 35.5. The maximum absolute atomic E-state index is 5.89. The Bertz CT molecular complexity index is 717. The molecule has 3 rings (SSSR count). The molecule has 3 heteroatoms. The first-order valence-electron chi connectivity index (χ1n) is 7.11. The second-order valence-electron chi connectivity index (χ2n) is 5.05. The molecule has 0 saturated heterocycles. The van der Waals surface area contributed by atoms with E-state index in [1.165, 1.54) is 16.5 Å². The van der Waals surface area contributed by atoms with Crippen molar-refractivity contribution in [2.24, 2.45) is 0 Å². The molecule has 0 radical (unpaired) electrons. The number of hydrogen-bond donors (Lipinski definition) is 1. The first kappa shape index (κ1) is 14.1. The largest absolute Gasteiger partial charge is 0.312 e. The maximum atomic E-state index is 5.89. The Labute approximate surface area is 129 Å². The van der Waals surface area contributed by atoms with Crippen molar-refractivity contribution < 1.29 is 0 Å². The standard InChI is InChI=1S/C18H17ClN2/c19-17-8-6-14(7-9-17)10-12-20-13-16-4-1-3-15-5-2-11-21-18(15)16/h1-9,11,20H,10,12-13H2. The smallest absolute Gasteiger partial charge is 0.0746 e. The van der Waals surface area contributed by atoms with Gasteiger partial charge in [0.2, 0.25) is 0 Å². The van der Waals surface area contributed by atoms with Gasteiger partial charge in [-0.05, 0) is 42.3 Å². The van der Waals surface area contributed by atoms with E-state index in [1.54, 1.807) is 0 Å². The summed E-state index contributed by atoms with van der Waals surface area (Å²) >= 11 is 5.89. The molecule has 2 aromatic carbocycles. The summed E-state index contributed by atoms with van der Waals surface area (Å²) in [6, 6.07) is 18.4. The number of nitrogens with one attached hydrogen (secondary N) is 1. The number of para-hydroxylation sites is 1. The van der Waals surface area contributed by atoms with E-state index in [2.05, 4.69) is 46.7 Å². The zero-order chi connectivity index (χ0) is 14.5. The van der Waals surface area contributed by atoms with Crippen molar-refractivity contribution in [2.75, 3.05) is 6.54 Å². The summed E-state index contributed by atoms with van der Waals surface area (Å²) in [5, 5.41) is 5.46. The minimum absolute atomic E-state index is 0.786. The number of nitrogens with zero attached hydrogens (tertiary/aromatic N) is 1. The summed E-state index contributed by atoms with van der Waals surface area (Å²) in [7, 11) is 0. The fourth-order valence-electron chi connectivity index (χ4n) is 2.42. The molecule has 0 atom stereocenters. The Morgan fingerprint density at radius 1 is 0.952 bits per heavy atom. The van der Waals surface area contributed by atoms with Gasteiger partial charge in [-0.3, -0.25) is 4.98 Å². The first-order chi connectivity index (χ1) is 10.3. The zero-order valence-electron chi connectivity index (χ0n) is 11.7. The van der Waals surface area contributed by atoms with Crippen molar-refractivity contribution in [3.63, 3.8) is 0 Å². The fourth-order valence-corrected chi connectivity index (χ4v) is 2.54. The number of aromatic nitrogens is 1. The van der Waals surface area contributed by atoms with Crippen LogP contribution < -0.4 is 5.32 Å². The van der Waals surface area contributed by atoms with E-state index in [0.717, 1.165) is 30.0 Å². The number of benzene rings is 2. The van der Waals surface area contributed by atoms with E-state index in [9.17, 15) is 0 Å². The lowest BCUT2D eigenvalue weighted by Crippen LogP contribution is -2.17. The van der Waals surface area contributed by atoms with Crippen molar-refractivity contribution in [3.05, 3.63) is 76.9 Å². The van der Waals surface area contributed by atoms with Crippen molar-refractivity contribution in [1.82, 2.24) is 10.3 Å². The molecule has 0 aliphatic carbocycles. The molecular weight excluding hydrogens is 280 g/mol. The van der Waals surface area contributed by atoms with Crippen LogP contribution in [-0.2, 0) is 13.0 Å². The van der Waals surface area contributed by atoms with Crippen LogP contribution >= 0.6 is 11.6 Å². The average Bonchev–Trinajstić information content (AvgIpc) is 2.53. The van der Waals surface area contributed by atoms with Gasteiger partial charge < -0.3 is 5.32 Å². The minimum Gasteiger partial charge on any atom is -0.312 e. The van der Waals surface area contributed by atoms with Gasteiger partial charge in [0, 0.05) is 23.2 Å². The average molecular weight is 297 g/mol. The monoisotopic (exact) mass is 296 g/mol. The van der Waals surface area contributed by atoms with Crippen LogP contribution in [0.1, 0.15) is 11.1 Å². The SMILES string of the molecule is Clc1ccc(CCNCc2cccc3cccnc23)cc1. The summed E-state index contributed by atoms with van der Waals surface area (Å²) < 4.78 is 0. The lowest BCUT2D eigenvalue weighted by Gasteiger charge is -2.08. The van der Waals surface area contributed by atoms with Gasteiger partial charge in [0.1, 0.15) is 0 Å². The maximum Gasteiger partial charge on any atom is 0.0746 e. The Balaban J connectivity index is 1.58. The zero-order valence-corrected chi connectivity index (χ0v) is 12.5. The topological polar surface area (TPSA) is 24.9 Å². The Morgan fingerprint density at radius 2 is 1.76 bits per heavy atom. The quantitative estimate of drug-likeness (QED) is 0.713. The van der Waals surface area contributed by atoms with E-state index in [0.29, 0.717) is 0 Å². The molecule has 0 saturated carbocycles. The number of fused-ring (bicyclic) bond motifs is 1. The highest BCUT2D eigenvalue weighted by molar-refractivity contribution is 6.30. The molecule has 1 N–H and O–H groups in total. The lowest BCUT2D eigenvalue weighted by atomic mass is 10.1. The van der Waals surface area contributed by atoms with Gasteiger partial charge in [0.15, 0.2) is 0 Å². The van der Waals surface area contributed by atoms with Crippen LogP contribution in [0.25, 0.3) is 10.9 Å². The molecule has 106 valence electrons. The summed E-state index contributed by atoms with van der Waals surface area (Å²) in [5.41, 5.74) is 3.62. The second-order valence-corrected chi connectivity index (χ2v) is 5.48. The van der Waals surface area contributed by atoms with Crippen LogP contribution in [0.15, 0.2) is 60.8 Å². The highest BCUT2D eigenvalue weighted by Crippen LogP contribution is 2.15. The summed E-state index contributed by atoms with van der Waals surface area (Å²) in [6.45, 7) is 1.77. The molecule has 0 bridgehead atoms. The van der Waals surface area contributed by atoms with Gasteiger partial charge in [-0.15, -0.1) is 0 Å². The molecule has 1 aromatic heterocycles. The summed E-state index contributed by atoms with van der Waals surface area (Å²) in [6.07, 6.45) is 2.84. The summed E-state index contributed by atoms with van der Waals surface area (Å²) in [4.78, 5) is 4.47. The highest BCUT2D eigenvalue weighted by Gasteiger charge is 2.01. The van der Waals surface area contributed by atoms with Crippen LogP contribution in [0.4, 0.5) is 0 Å². The van der Waals surface area contributed by atoms with E-state index in [4.69, 9.17) is 11.6 Å². The van der Waals surface area contributed by atoms with Crippen molar-refractivity contribution in [3.8, 4) is 0 Å². The summed E-state index contributed by atoms with van der Waals surface area (Å²) in [5.74, 6) is 0. The Hall–Kier alpha value is -1.90. The van der Waals surface area contributed by atoms with Crippen LogP contribution in [-0.4, -0.2) is 11.5 Å². The van der Waals surface area contributed by atoms with Gasteiger partial charge in [-0.1, -0.05) is 48.0 Å². The third kappa shape index (κ3) is 3.60. The molecule has 0 unspecified atom stereocenters. The van der Waals surface area contributed by atoms with E-state index >= 15 is 0 Å². The van der Waals surface area contributed by atoms with Crippen molar-refractivity contribution >= 4 is 22.5 Å². The number of hydrogen-bond acceptors (Lipinski definition) is 2. The van der Waals surface area contributed by atoms with Crippen molar-refractivity contribution in [2.45, 2.75) is 13.0 Å². The molecule has 3 aromatic rings. The Morgan fingerprint density at radius 3 is 2.62 bits per heavy atom. The van der Waals surface area contributed by atoms with Gasteiger partial charge in [0.05, 0.1) is 5.52 Å². The third-order valence-corrected chi connectivity index (χ3v) is 3.79. The normalized spacial score (nSPS) is 10.9. The molecule has 1 heterocycles. The third-order valence-electron chi connectivity index (χ3n) is 3.54. The molecule has 0 amide bonds. The predicted octanol–water partition coefficient (Wildman–Crippen LogP) is 4.22. The number of halogens is 1. The van der Waals surface area contributed by atoms with Crippen LogP contribution in [0, 0.1) is 0 Å². The van der Waals surface area contributed by atoms with Gasteiger partial charge >= 0.3 is 0 Å². The molecule has 0 fully saturated rings. The van der Waals surface area contributed by atoms with Crippen LogP contribution in [0.5, 0.6) is 0 Å². The second kappa shape index (κ2) is 6.70. The van der Waals surface area contributed by atoms with E-state index < -0.39 is 0 Å². The first-order valence-corrected chi connectivity index (χ1v) is 7.48. The molecule has 2 nitrogen and oxygen atoms in total. The van der Waals surface area contributed by atoms with E-state index in [-0.39, 0.29) is 0 Å². The fraction of sp³-hybridized carbons (Fsp3) is 0.167. The van der Waals surface area contributed by atoms with Crippen LogP contribution in [0.2, 0.25) is 5.02 Å². The molecule has 0 aliphatic rings.